The third kappa shape index (κ3) is 24.9. The Morgan fingerprint density at radius 2 is 1.18 bits per heavy atom. The van der Waals surface area contributed by atoms with Crippen molar-refractivity contribution in [2.45, 2.75) is 223 Å². The smallest absolute Gasteiger partial charge is 0.166 e. The van der Waals surface area contributed by atoms with E-state index < -0.39 is 42.7 Å². The molecule has 7 N–H and O–H groups in total. The first-order valence-electron chi connectivity index (χ1n) is 20.5. The van der Waals surface area contributed by atoms with Gasteiger partial charge in [0.1, 0.15) is 18.3 Å². The first-order valence-corrected chi connectivity index (χ1v) is 20.9. The van der Waals surface area contributed by atoms with Crippen LogP contribution in [-0.4, -0.2) is 86.5 Å². The minimum Gasteiger partial charge on any atom is -0.393 e. The van der Waals surface area contributed by atoms with E-state index in [0.717, 1.165) is 19.4 Å². The number of ether oxygens (including phenoxy) is 1. The summed E-state index contributed by atoms with van der Waals surface area (Å²) in [5.74, 6) is 0. The lowest BCUT2D eigenvalue weighted by Gasteiger charge is -2.33. The second-order valence-electron chi connectivity index (χ2n) is 14.6. The minimum atomic E-state index is -1.36. The number of aliphatic hydroxyl groups excluding tert-OH is 5. The van der Waals surface area contributed by atoms with Gasteiger partial charge in [-0.1, -0.05) is 161 Å². The van der Waals surface area contributed by atoms with Crippen LogP contribution in [0.15, 0.2) is 12.2 Å². The molecule has 0 heterocycles. The summed E-state index contributed by atoms with van der Waals surface area (Å²) >= 11 is 5.51. The number of hydrogen-bond donors (Lipinski definition) is 7. The van der Waals surface area contributed by atoms with Crippen molar-refractivity contribution in [2.24, 2.45) is 0 Å². The van der Waals surface area contributed by atoms with E-state index in [9.17, 15) is 25.5 Å². The molecule has 0 bridgehead atoms. The molecule has 1 aliphatic rings. The van der Waals surface area contributed by atoms with Gasteiger partial charge in [-0.2, -0.15) is 0 Å². The maximum Gasteiger partial charge on any atom is 0.166 e. The highest BCUT2D eigenvalue weighted by Crippen LogP contribution is 2.19. The third-order valence-electron chi connectivity index (χ3n) is 10.1. The van der Waals surface area contributed by atoms with Crippen LogP contribution < -0.4 is 10.6 Å². The van der Waals surface area contributed by atoms with Gasteiger partial charge < -0.3 is 40.9 Å². The lowest BCUT2D eigenvalue weighted by Crippen LogP contribution is -2.52. The molecule has 0 fully saturated rings. The van der Waals surface area contributed by atoms with Gasteiger partial charge in [0, 0.05) is 13.0 Å². The maximum absolute atomic E-state index is 10.9. The first-order chi connectivity index (χ1) is 23.8. The Kier molecular flexibility index (Phi) is 30.1. The van der Waals surface area contributed by atoms with Gasteiger partial charge in [-0.3, -0.25) is 0 Å². The zero-order valence-electron chi connectivity index (χ0n) is 31.5. The molecule has 7 unspecified atom stereocenters. The molecule has 7 atom stereocenters. The van der Waals surface area contributed by atoms with E-state index in [2.05, 4.69) is 17.6 Å². The van der Waals surface area contributed by atoms with Crippen molar-refractivity contribution in [3.8, 4) is 0 Å². The van der Waals surface area contributed by atoms with E-state index in [4.69, 9.17) is 17.0 Å². The van der Waals surface area contributed by atoms with Crippen molar-refractivity contribution in [3.05, 3.63) is 12.2 Å². The summed E-state index contributed by atoms with van der Waals surface area (Å²) in [5, 5.41) is 58.5. The molecule has 9 heteroatoms. The molecule has 49 heavy (non-hydrogen) atoms. The molecule has 0 aliphatic heterocycles. The van der Waals surface area contributed by atoms with E-state index in [1.54, 1.807) is 6.08 Å². The largest absolute Gasteiger partial charge is 0.393 e. The highest BCUT2D eigenvalue weighted by atomic mass is 32.1. The molecule has 0 aromatic carbocycles. The van der Waals surface area contributed by atoms with E-state index in [0.29, 0.717) is 24.4 Å². The maximum atomic E-state index is 10.9. The van der Waals surface area contributed by atoms with Crippen LogP contribution >= 0.6 is 12.2 Å². The Morgan fingerprint density at radius 1 is 0.714 bits per heavy atom. The quantitative estimate of drug-likeness (QED) is 0.0219. The number of thiocarbonyl (C=S) groups is 1. The van der Waals surface area contributed by atoms with Crippen molar-refractivity contribution in [1.82, 2.24) is 10.6 Å². The van der Waals surface area contributed by atoms with E-state index in [1.807, 2.05) is 6.92 Å². The van der Waals surface area contributed by atoms with Gasteiger partial charge in [0.2, 0.25) is 0 Å². The fraction of sp³-hybridized carbons (Fsp3) is 0.925. The minimum absolute atomic E-state index is 0.0209. The highest BCUT2D eigenvalue weighted by Gasteiger charge is 2.33. The molecular weight excluding hydrogens is 637 g/mol. The predicted octanol–water partition coefficient (Wildman–Crippen LogP) is 7.76. The molecule has 0 saturated carbocycles. The number of unbranched alkanes of at least 4 members (excludes halogenated alkanes) is 21. The van der Waals surface area contributed by atoms with Crippen LogP contribution in [0.5, 0.6) is 0 Å². The van der Waals surface area contributed by atoms with Gasteiger partial charge in [-0.05, 0) is 37.9 Å². The average Bonchev–Trinajstić information content (AvgIpc) is 3.09. The van der Waals surface area contributed by atoms with Crippen LogP contribution in [0.1, 0.15) is 181 Å². The molecule has 0 spiro atoms. The molecule has 1 aliphatic carbocycles. The third-order valence-corrected chi connectivity index (χ3v) is 10.4. The van der Waals surface area contributed by atoms with Gasteiger partial charge in [-0.15, -0.1) is 0 Å². The summed E-state index contributed by atoms with van der Waals surface area (Å²) in [7, 11) is 0. The number of allylic oxidation sites excluding steroid dienone is 1. The Hall–Kier alpha value is -0.810. The second-order valence-corrected chi connectivity index (χ2v) is 15.1. The van der Waals surface area contributed by atoms with Gasteiger partial charge >= 0.3 is 0 Å². The highest BCUT2D eigenvalue weighted by molar-refractivity contribution is 7.80. The first kappa shape index (κ1) is 46.2. The Bertz CT molecular complexity index is 790. The van der Waals surface area contributed by atoms with Crippen LogP contribution in [0.3, 0.4) is 0 Å². The molecule has 0 aromatic rings. The van der Waals surface area contributed by atoms with Gasteiger partial charge in [-0.25, -0.2) is 0 Å². The molecule has 0 amide bonds. The predicted molar refractivity (Wildman–Crippen MR) is 208 cm³/mol. The summed E-state index contributed by atoms with van der Waals surface area (Å²) in [6, 6.07) is -0.610. The molecule has 0 radical (unpaired) electrons. The second kappa shape index (κ2) is 31.9. The van der Waals surface area contributed by atoms with Crippen molar-refractivity contribution < 1.29 is 30.3 Å². The van der Waals surface area contributed by atoms with Gasteiger partial charge in [0.25, 0.3) is 0 Å². The molecular formula is C40H78N2O6S. The lowest BCUT2D eigenvalue weighted by atomic mass is 9.96. The van der Waals surface area contributed by atoms with E-state index in [1.165, 1.54) is 134 Å². The summed E-state index contributed by atoms with van der Waals surface area (Å²) in [5.41, 5.74) is 0. The fourth-order valence-electron chi connectivity index (χ4n) is 6.63. The Labute approximate surface area is 306 Å². The summed E-state index contributed by atoms with van der Waals surface area (Å²) in [4.78, 5) is 0. The zero-order chi connectivity index (χ0) is 36.0. The summed E-state index contributed by atoms with van der Waals surface area (Å²) in [6.45, 7) is 4.90. The van der Waals surface area contributed by atoms with Crippen LogP contribution in [0.2, 0.25) is 0 Å². The Morgan fingerprint density at radius 3 is 1.65 bits per heavy atom. The van der Waals surface area contributed by atoms with Gasteiger partial charge in [0.15, 0.2) is 5.11 Å². The Balaban J connectivity index is 2.09. The van der Waals surface area contributed by atoms with Gasteiger partial charge in [0.05, 0.1) is 31.0 Å². The molecule has 0 aromatic heterocycles. The summed E-state index contributed by atoms with van der Waals surface area (Å²) < 4.78 is 5.96. The van der Waals surface area contributed by atoms with Crippen molar-refractivity contribution in [1.29, 1.82) is 0 Å². The van der Waals surface area contributed by atoms with E-state index in [-0.39, 0.29) is 13.0 Å². The van der Waals surface area contributed by atoms with E-state index >= 15 is 0 Å². The SMILES string of the molecule is CCCCCCCCCCCCCCCCCCCCCCCCNC(=S)NC(COC1CC/C=C\C(O)C(O)C1O)C(O)CC(O)CC. The topological polar surface area (TPSA) is 134 Å². The number of aliphatic hydroxyl groups is 5. The molecule has 0 saturated heterocycles. The van der Waals surface area contributed by atoms with Crippen LogP contribution in [0.25, 0.3) is 0 Å². The van der Waals surface area contributed by atoms with Crippen LogP contribution in [-0.2, 0) is 4.74 Å². The number of rotatable bonds is 31. The molecule has 1 rings (SSSR count). The van der Waals surface area contributed by atoms with Crippen molar-refractivity contribution in [2.75, 3.05) is 13.2 Å². The van der Waals surface area contributed by atoms with Crippen LogP contribution in [0, 0.1) is 0 Å². The fourth-order valence-corrected chi connectivity index (χ4v) is 6.88. The zero-order valence-corrected chi connectivity index (χ0v) is 32.4. The standard InChI is InChI=1S/C40H78N2O6S/c1-3-5-6-7-8-9-10-11-12-13-14-15-16-17-18-19-20-21-22-23-24-27-30-41-40(49)42-34(36(45)31-33(43)4-2)32-48-37-29-26-25-28-35(44)38(46)39(37)47/h25,28,33-39,43-47H,3-24,26-27,29-32H2,1-2H3,(H2,41,42,49)/b28-25-. The molecule has 8 nitrogen and oxygen atoms in total. The monoisotopic (exact) mass is 715 g/mol. The normalized spacial score (nSPS) is 22.2. The summed E-state index contributed by atoms with van der Waals surface area (Å²) in [6.07, 6.45) is 28.9. The van der Waals surface area contributed by atoms with Crippen molar-refractivity contribution in [3.63, 3.8) is 0 Å². The lowest BCUT2D eigenvalue weighted by molar-refractivity contribution is -0.124. The number of hydrogen-bond acceptors (Lipinski definition) is 7. The average molecular weight is 715 g/mol. The van der Waals surface area contributed by atoms with Crippen LogP contribution in [0.4, 0.5) is 0 Å². The number of nitrogens with one attached hydrogen (secondary N) is 2. The molecule has 290 valence electrons. The van der Waals surface area contributed by atoms with Crippen molar-refractivity contribution >= 4 is 17.3 Å².